The van der Waals surface area contributed by atoms with E-state index in [2.05, 4.69) is 16.0 Å². The first-order valence-corrected chi connectivity index (χ1v) is 10.1. The summed E-state index contributed by atoms with van der Waals surface area (Å²) in [5.74, 6) is 1.15. The van der Waals surface area contributed by atoms with Crippen LogP contribution in [0.3, 0.4) is 0 Å². The molecule has 2 aliphatic rings. The number of amides is 3. The average molecular weight is 392 g/mol. The molecule has 0 aromatic heterocycles. The Morgan fingerprint density at radius 1 is 1.26 bits per heavy atom. The van der Waals surface area contributed by atoms with Gasteiger partial charge in [0, 0.05) is 25.4 Å². The summed E-state index contributed by atoms with van der Waals surface area (Å²) in [6.07, 6.45) is 0.699. The second kappa shape index (κ2) is 9.09. The number of nitrogens with one attached hydrogen (secondary N) is 3. The largest absolute Gasteiger partial charge is 0.507 e. The Labute approximate surface area is 162 Å². The van der Waals surface area contributed by atoms with Crippen LogP contribution < -0.4 is 16.0 Å². The van der Waals surface area contributed by atoms with Crippen LogP contribution in [0, 0.1) is 5.92 Å². The third kappa shape index (κ3) is 5.14. The molecule has 4 N–H and O–H groups in total. The second-order valence-electron chi connectivity index (χ2n) is 6.71. The van der Waals surface area contributed by atoms with Crippen molar-refractivity contribution in [2.75, 3.05) is 37.8 Å². The summed E-state index contributed by atoms with van der Waals surface area (Å²) >= 11 is 1.76. The number of aromatic hydroxyl groups is 1. The Bertz CT molecular complexity index is 708. The zero-order valence-corrected chi connectivity index (χ0v) is 15.8. The van der Waals surface area contributed by atoms with E-state index < -0.39 is 5.91 Å². The number of phenolic OH excluding ortho intramolecular Hbond substituents is 1. The minimum Gasteiger partial charge on any atom is -0.507 e. The van der Waals surface area contributed by atoms with Crippen molar-refractivity contribution < 1.29 is 19.5 Å². The Morgan fingerprint density at radius 2 is 2.07 bits per heavy atom. The van der Waals surface area contributed by atoms with Gasteiger partial charge in [0.2, 0.25) is 11.8 Å². The van der Waals surface area contributed by atoms with E-state index in [0.29, 0.717) is 19.5 Å². The summed E-state index contributed by atoms with van der Waals surface area (Å²) in [6.45, 7) is 1.78. The highest BCUT2D eigenvalue weighted by Crippen LogP contribution is 2.20. The van der Waals surface area contributed by atoms with Gasteiger partial charge in [0.15, 0.2) is 0 Å². The van der Waals surface area contributed by atoms with E-state index in [4.69, 9.17) is 0 Å². The molecule has 0 saturated carbocycles. The molecule has 0 aliphatic carbocycles. The van der Waals surface area contributed by atoms with E-state index in [1.54, 1.807) is 23.9 Å². The molecule has 0 bridgehead atoms. The zero-order chi connectivity index (χ0) is 19.2. The molecular weight excluding hydrogens is 368 g/mol. The van der Waals surface area contributed by atoms with Crippen molar-refractivity contribution in [3.63, 3.8) is 0 Å². The van der Waals surface area contributed by atoms with Crippen molar-refractivity contribution >= 4 is 29.5 Å². The third-order valence-corrected chi connectivity index (χ3v) is 5.70. The van der Waals surface area contributed by atoms with Crippen LogP contribution in [0.2, 0.25) is 0 Å². The summed E-state index contributed by atoms with van der Waals surface area (Å²) in [7, 11) is 0. The molecule has 3 amide bonds. The normalized spacial score (nSPS) is 21.9. The van der Waals surface area contributed by atoms with Crippen LogP contribution in [-0.4, -0.2) is 71.6 Å². The lowest BCUT2D eigenvalue weighted by Crippen LogP contribution is -2.42. The fourth-order valence-corrected chi connectivity index (χ4v) is 4.16. The summed E-state index contributed by atoms with van der Waals surface area (Å²) in [4.78, 5) is 38.2. The zero-order valence-electron chi connectivity index (χ0n) is 14.9. The highest BCUT2D eigenvalue weighted by atomic mass is 32.2. The van der Waals surface area contributed by atoms with Gasteiger partial charge in [-0.25, -0.2) is 0 Å². The summed E-state index contributed by atoms with van der Waals surface area (Å²) in [6, 6.07) is 5.99. The number of nitrogens with zero attached hydrogens (tertiary/aromatic N) is 1. The van der Waals surface area contributed by atoms with Gasteiger partial charge in [-0.3, -0.25) is 14.4 Å². The number of carbonyl (C=O) groups excluding carboxylic acids is 3. The van der Waals surface area contributed by atoms with E-state index in [1.807, 2.05) is 4.90 Å². The lowest BCUT2D eigenvalue weighted by Gasteiger charge is -2.19. The molecule has 2 fully saturated rings. The van der Waals surface area contributed by atoms with Gasteiger partial charge in [-0.1, -0.05) is 12.1 Å². The van der Waals surface area contributed by atoms with Gasteiger partial charge in [-0.05, 0) is 24.5 Å². The van der Waals surface area contributed by atoms with Crippen molar-refractivity contribution in [2.24, 2.45) is 5.92 Å². The first-order chi connectivity index (χ1) is 13.0. The van der Waals surface area contributed by atoms with Crippen molar-refractivity contribution in [1.29, 1.82) is 0 Å². The second-order valence-corrected chi connectivity index (χ2v) is 7.78. The van der Waals surface area contributed by atoms with Crippen LogP contribution >= 0.6 is 11.8 Å². The van der Waals surface area contributed by atoms with Crippen LogP contribution in [0.5, 0.6) is 5.75 Å². The summed E-state index contributed by atoms with van der Waals surface area (Å²) < 4.78 is 0. The molecule has 3 rings (SSSR count). The molecule has 2 aliphatic heterocycles. The minimum atomic E-state index is -0.500. The van der Waals surface area contributed by atoms with Crippen molar-refractivity contribution in [3.05, 3.63) is 29.8 Å². The van der Waals surface area contributed by atoms with Crippen LogP contribution in [-0.2, 0) is 9.59 Å². The van der Waals surface area contributed by atoms with Crippen molar-refractivity contribution in [3.8, 4) is 5.75 Å². The number of hydrogen-bond acceptors (Lipinski definition) is 6. The van der Waals surface area contributed by atoms with Gasteiger partial charge in [-0.2, -0.15) is 0 Å². The number of para-hydroxylation sites is 1. The fraction of sp³-hybridized carbons (Fsp3) is 0.500. The molecule has 0 spiro atoms. The summed E-state index contributed by atoms with van der Waals surface area (Å²) in [5.41, 5.74) is 0.131. The van der Waals surface area contributed by atoms with Gasteiger partial charge < -0.3 is 26.0 Å². The van der Waals surface area contributed by atoms with Crippen LogP contribution in [0.15, 0.2) is 24.3 Å². The maximum Gasteiger partial charge on any atom is 0.255 e. The van der Waals surface area contributed by atoms with E-state index >= 15 is 0 Å². The van der Waals surface area contributed by atoms with Crippen LogP contribution in [0.1, 0.15) is 16.8 Å². The van der Waals surface area contributed by atoms with Gasteiger partial charge in [0.1, 0.15) is 5.75 Å². The molecule has 9 heteroatoms. The number of benzene rings is 1. The monoisotopic (exact) mass is 392 g/mol. The molecule has 1 aromatic carbocycles. The van der Waals surface area contributed by atoms with Crippen molar-refractivity contribution in [1.82, 2.24) is 20.9 Å². The maximum absolute atomic E-state index is 12.4. The van der Waals surface area contributed by atoms with Crippen LogP contribution in [0.25, 0.3) is 0 Å². The quantitative estimate of drug-likeness (QED) is 0.531. The number of thioether (sulfide) groups is 1. The Balaban J connectivity index is 1.36. The van der Waals surface area contributed by atoms with Gasteiger partial charge in [-0.15, -0.1) is 11.8 Å². The fourth-order valence-electron chi connectivity index (χ4n) is 3.20. The Hall–Kier alpha value is -2.26. The molecule has 2 atom stereocenters. The topological polar surface area (TPSA) is 111 Å². The lowest BCUT2D eigenvalue weighted by molar-refractivity contribution is -0.131. The number of rotatable bonds is 6. The highest BCUT2D eigenvalue weighted by molar-refractivity contribution is 7.99. The van der Waals surface area contributed by atoms with Crippen LogP contribution in [0.4, 0.5) is 0 Å². The molecule has 146 valence electrons. The molecule has 27 heavy (non-hydrogen) atoms. The Kier molecular flexibility index (Phi) is 6.57. The average Bonchev–Trinajstić information content (AvgIpc) is 3.36. The Morgan fingerprint density at radius 3 is 2.81 bits per heavy atom. The minimum absolute atomic E-state index is 0.125. The predicted octanol–water partition coefficient (Wildman–Crippen LogP) is -0.251. The molecule has 0 radical (unpaired) electrons. The number of phenols is 1. The molecule has 0 unspecified atom stereocenters. The molecule has 2 heterocycles. The van der Waals surface area contributed by atoms with E-state index in [0.717, 1.165) is 18.2 Å². The first kappa shape index (κ1) is 19.5. The molecule has 2 saturated heterocycles. The highest BCUT2D eigenvalue weighted by Gasteiger charge is 2.33. The lowest BCUT2D eigenvalue weighted by atomic mass is 10.0. The molecular formula is C18H24N4O4S. The molecule has 1 aromatic rings. The maximum atomic E-state index is 12.4. The third-order valence-electron chi connectivity index (χ3n) is 4.73. The number of hydrogen-bond donors (Lipinski definition) is 4. The molecule has 8 nitrogen and oxygen atoms in total. The number of carbonyl (C=O) groups is 3. The first-order valence-electron chi connectivity index (χ1n) is 8.97. The summed E-state index contributed by atoms with van der Waals surface area (Å²) in [5, 5.41) is 18.2. The van der Waals surface area contributed by atoms with E-state index in [-0.39, 0.29) is 41.6 Å². The van der Waals surface area contributed by atoms with E-state index in [1.165, 1.54) is 12.1 Å². The van der Waals surface area contributed by atoms with E-state index in [9.17, 15) is 19.5 Å². The van der Waals surface area contributed by atoms with Gasteiger partial charge >= 0.3 is 0 Å². The standard InChI is InChI=1S/C18H24N4O4S/c23-15-4-2-1-3-13(15)17(25)21-10-16(24)20-9-12-7-14(19-8-12)18(26)22-5-6-27-11-22/h1-4,12,14,19,23H,5-11H2,(H,20,24)(H,21,25)/t12-,14-/m0/s1. The smallest absolute Gasteiger partial charge is 0.255 e. The van der Waals surface area contributed by atoms with Crippen molar-refractivity contribution in [2.45, 2.75) is 12.5 Å². The predicted molar refractivity (Wildman–Crippen MR) is 102 cm³/mol. The SMILES string of the molecule is O=C(CNC(=O)c1ccccc1O)NC[C@@H]1CN[C@H](C(=O)N2CCSC2)C1. The van der Waals surface area contributed by atoms with Gasteiger partial charge in [0.25, 0.3) is 5.91 Å². The van der Waals surface area contributed by atoms with Gasteiger partial charge in [0.05, 0.1) is 24.0 Å².